The zero-order valence-corrected chi connectivity index (χ0v) is 12.5. The first-order valence-electron chi connectivity index (χ1n) is 7.46. The molecule has 1 N–H and O–H groups in total. The van der Waals surface area contributed by atoms with Crippen LogP contribution in [0.3, 0.4) is 0 Å². The average molecular weight is 251 g/mol. The Labute approximate surface area is 113 Å². The third kappa shape index (κ3) is 3.70. The van der Waals surface area contributed by atoms with Gasteiger partial charge in [0.2, 0.25) is 0 Å². The van der Waals surface area contributed by atoms with Gasteiger partial charge in [-0.05, 0) is 52.6 Å². The van der Waals surface area contributed by atoms with Gasteiger partial charge in [0.25, 0.3) is 0 Å². The third-order valence-electron chi connectivity index (χ3n) is 4.39. The summed E-state index contributed by atoms with van der Waals surface area (Å²) in [6, 6.07) is 3.72. The first-order valence-corrected chi connectivity index (χ1v) is 7.46. The van der Waals surface area contributed by atoms with Crippen LogP contribution in [0.5, 0.6) is 0 Å². The van der Waals surface area contributed by atoms with Crippen molar-refractivity contribution < 1.29 is 0 Å². The van der Waals surface area contributed by atoms with E-state index in [0.29, 0.717) is 12.1 Å². The lowest BCUT2D eigenvalue weighted by Crippen LogP contribution is -2.45. The molecule has 1 aliphatic carbocycles. The van der Waals surface area contributed by atoms with E-state index in [-0.39, 0.29) is 5.54 Å². The minimum atomic E-state index is -0.263. The molecule has 0 aliphatic heterocycles. The predicted octanol–water partition coefficient (Wildman–Crippen LogP) is 2.92. The molecule has 0 amide bonds. The van der Waals surface area contributed by atoms with Gasteiger partial charge in [-0.15, -0.1) is 0 Å². The van der Waals surface area contributed by atoms with Crippen LogP contribution in [0.4, 0.5) is 0 Å². The first-order chi connectivity index (χ1) is 8.58. The highest BCUT2D eigenvalue weighted by molar-refractivity contribution is 5.13. The van der Waals surface area contributed by atoms with Crippen LogP contribution < -0.4 is 5.32 Å². The maximum absolute atomic E-state index is 9.45. The molecule has 104 valence electrons. The Kier molecular flexibility index (Phi) is 6.11. The van der Waals surface area contributed by atoms with Gasteiger partial charge in [-0.3, -0.25) is 5.32 Å². The second-order valence-corrected chi connectivity index (χ2v) is 5.82. The summed E-state index contributed by atoms with van der Waals surface area (Å²) in [7, 11) is 2.22. The highest BCUT2D eigenvalue weighted by Gasteiger charge is 2.40. The number of nitrogens with one attached hydrogen (secondary N) is 1. The second-order valence-electron chi connectivity index (χ2n) is 5.82. The molecule has 1 fully saturated rings. The van der Waals surface area contributed by atoms with Gasteiger partial charge in [0.15, 0.2) is 0 Å². The highest BCUT2D eigenvalue weighted by atomic mass is 15.2. The number of nitrogens with zero attached hydrogens (tertiary/aromatic N) is 2. The molecule has 0 radical (unpaired) electrons. The van der Waals surface area contributed by atoms with Gasteiger partial charge in [-0.2, -0.15) is 5.26 Å². The van der Waals surface area contributed by atoms with Crippen molar-refractivity contribution in [1.29, 1.82) is 5.26 Å². The topological polar surface area (TPSA) is 39.1 Å². The maximum atomic E-state index is 9.45. The van der Waals surface area contributed by atoms with Crippen molar-refractivity contribution in [1.82, 2.24) is 10.2 Å². The molecule has 0 heterocycles. The molecule has 0 saturated heterocycles. The van der Waals surface area contributed by atoms with E-state index in [0.717, 1.165) is 32.2 Å². The largest absolute Gasteiger partial charge is 0.301 e. The predicted molar refractivity (Wildman–Crippen MR) is 76.4 cm³/mol. The van der Waals surface area contributed by atoms with Gasteiger partial charge in [0.1, 0.15) is 5.54 Å². The van der Waals surface area contributed by atoms with Crippen LogP contribution in [-0.2, 0) is 0 Å². The SMILES string of the molecule is CCCNC1(C#N)CCC(N(C)C(C)CCC)C1. The second kappa shape index (κ2) is 7.11. The van der Waals surface area contributed by atoms with E-state index in [1.165, 1.54) is 12.8 Å². The van der Waals surface area contributed by atoms with Crippen molar-refractivity contribution in [2.75, 3.05) is 13.6 Å². The average Bonchev–Trinajstić information content (AvgIpc) is 2.81. The molecule has 0 aromatic rings. The normalized spacial score (nSPS) is 29.4. The van der Waals surface area contributed by atoms with Crippen LogP contribution in [0.2, 0.25) is 0 Å². The van der Waals surface area contributed by atoms with Gasteiger partial charge in [-0.1, -0.05) is 20.3 Å². The molecule has 3 nitrogen and oxygen atoms in total. The lowest BCUT2D eigenvalue weighted by molar-refractivity contribution is 0.172. The van der Waals surface area contributed by atoms with Crippen LogP contribution in [0.15, 0.2) is 0 Å². The van der Waals surface area contributed by atoms with Gasteiger partial charge >= 0.3 is 0 Å². The van der Waals surface area contributed by atoms with Crippen molar-refractivity contribution in [2.45, 2.75) is 76.9 Å². The third-order valence-corrected chi connectivity index (χ3v) is 4.39. The first kappa shape index (κ1) is 15.5. The summed E-state index contributed by atoms with van der Waals surface area (Å²) in [6.45, 7) is 7.64. The van der Waals surface area contributed by atoms with Gasteiger partial charge < -0.3 is 4.90 Å². The number of rotatable bonds is 7. The Morgan fingerprint density at radius 3 is 2.72 bits per heavy atom. The Morgan fingerprint density at radius 1 is 1.44 bits per heavy atom. The molecule has 3 heteroatoms. The summed E-state index contributed by atoms with van der Waals surface area (Å²) in [5, 5.41) is 12.9. The molecular weight excluding hydrogens is 222 g/mol. The zero-order valence-electron chi connectivity index (χ0n) is 12.5. The van der Waals surface area contributed by atoms with Gasteiger partial charge in [0.05, 0.1) is 6.07 Å². The van der Waals surface area contributed by atoms with Crippen LogP contribution in [0, 0.1) is 11.3 Å². The van der Waals surface area contributed by atoms with Crippen LogP contribution in [-0.4, -0.2) is 36.1 Å². The van der Waals surface area contributed by atoms with E-state index in [9.17, 15) is 5.26 Å². The molecule has 1 saturated carbocycles. The van der Waals surface area contributed by atoms with Crippen molar-refractivity contribution >= 4 is 0 Å². The molecule has 1 rings (SSSR count). The molecule has 0 aromatic heterocycles. The molecular formula is C15H29N3. The van der Waals surface area contributed by atoms with E-state index in [1.54, 1.807) is 0 Å². The lowest BCUT2D eigenvalue weighted by Gasteiger charge is -2.31. The summed E-state index contributed by atoms with van der Waals surface area (Å²) >= 11 is 0. The summed E-state index contributed by atoms with van der Waals surface area (Å²) in [6.07, 6.45) is 6.70. The summed E-state index contributed by atoms with van der Waals surface area (Å²) in [5.41, 5.74) is -0.263. The number of hydrogen-bond acceptors (Lipinski definition) is 3. The van der Waals surface area contributed by atoms with Crippen molar-refractivity contribution in [2.24, 2.45) is 0 Å². The van der Waals surface area contributed by atoms with Crippen LogP contribution in [0.1, 0.15) is 59.3 Å². The van der Waals surface area contributed by atoms with Crippen molar-refractivity contribution in [3.05, 3.63) is 0 Å². The Balaban J connectivity index is 2.55. The Hall–Kier alpha value is -0.590. The summed E-state index contributed by atoms with van der Waals surface area (Å²) in [5.74, 6) is 0. The molecule has 0 spiro atoms. The van der Waals surface area contributed by atoms with E-state index in [1.807, 2.05) is 0 Å². The van der Waals surface area contributed by atoms with Gasteiger partial charge in [0, 0.05) is 12.1 Å². The van der Waals surface area contributed by atoms with Crippen molar-refractivity contribution in [3.63, 3.8) is 0 Å². The summed E-state index contributed by atoms with van der Waals surface area (Å²) in [4.78, 5) is 2.48. The standard InChI is InChI=1S/C15H29N3/c1-5-7-13(3)18(4)14-8-9-15(11-14,12-16)17-10-6-2/h13-14,17H,5-11H2,1-4H3. The minimum Gasteiger partial charge on any atom is -0.301 e. The minimum absolute atomic E-state index is 0.263. The van der Waals surface area contributed by atoms with Crippen LogP contribution in [0.25, 0.3) is 0 Å². The maximum Gasteiger partial charge on any atom is 0.108 e. The smallest absolute Gasteiger partial charge is 0.108 e. The van der Waals surface area contributed by atoms with Crippen molar-refractivity contribution in [3.8, 4) is 6.07 Å². The molecule has 3 atom stereocenters. The fourth-order valence-corrected chi connectivity index (χ4v) is 3.01. The zero-order chi connectivity index (χ0) is 13.6. The molecule has 1 aliphatic rings. The molecule has 0 bridgehead atoms. The fourth-order valence-electron chi connectivity index (χ4n) is 3.01. The molecule has 3 unspecified atom stereocenters. The Bertz CT molecular complexity index is 284. The molecule has 0 aromatic carbocycles. The Morgan fingerprint density at radius 2 is 2.17 bits per heavy atom. The van der Waals surface area contributed by atoms with E-state index >= 15 is 0 Å². The van der Waals surface area contributed by atoms with E-state index in [2.05, 4.69) is 44.1 Å². The number of hydrogen-bond donors (Lipinski definition) is 1. The monoisotopic (exact) mass is 251 g/mol. The summed E-state index contributed by atoms with van der Waals surface area (Å²) < 4.78 is 0. The fraction of sp³-hybridized carbons (Fsp3) is 0.933. The quantitative estimate of drug-likeness (QED) is 0.756. The van der Waals surface area contributed by atoms with Crippen LogP contribution >= 0.6 is 0 Å². The van der Waals surface area contributed by atoms with E-state index < -0.39 is 0 Å². The highest BCUT2D eigenvalue weighted by Crippen LogP contribution is 2.33. The van der Waals surface area contributed by atoms with Gasteiger partial charge in [-0.25, -0.2) is 0 Å². The van der Waals surface area contributed by atoms with E-state index in [4.69, 9.17) is 0 Å². The number of nitriles is 1. The lowest BCUT2D eigenvalue weighted by atomic mass is 9.98. The molecule has 18 heavy (non-hydrogen) atoms.